The molecule has 0 bridgehead atoms. The second kappa shape index (κ2) is 5.26. The van der Waals surface area contributed by atoms with Gasteiger partial charge in [0, 0.05) is 18.5 Å². The van der Waals surface area contributed by atoms with Crippen molar-refractivity contribution in [2.75, 3.05) is 18.8 Å². The minimum atomic E-state index is 0.0296. The summed E-state index contributed by atoms with van der Waals surface area (Å²) in [5, 5.41) is 9.19. The number of nitrogens with zero attached hydrogens (tertiary/aromatic N) is 3. The Morgan fingerprint density at radius 3 is 2.71 bits per heavy atom. The van der Waals surface area contributed by atoms with Gasteiger partial charge in [0.25, 0.3) is 5.91 Å². The van der Waals surface area contributed by atoms with Crippen LogP contribution in [0.1, 0.15) is 40.7 Å². The van der Waals surface area contributed by atoms with E-state index >= 15 is 0 Å². The minimum Gasteiger partial charge on any atom is -0.397 e. The summed E-state index contributed by atoms with van der Waals surface area (Å²) in [4.78, 5) is 16.0. The van der Waals surface area contributed by atoms with E-state index in [-0.39, 0.29) is 5.91 Å². The molecule has 21 heavy (non-hydrogen) atoms. The first-order chi connectivity index (χ1) is 10.0. The van der Waals surface area contributed by atoms with Crippen LogP contribution in [0.15, 0.2) is 0 Å². The standard InChI is InChI=1S/C15H20N4OS/c1-4-19(7-10-5-6-10)15(20)13-12(16)11-8(2)9(3)17-18-14(11)21-13/h10H,4-7,16H2,1-3H3. The Kier molecular flexibility index (Phi) is 3.57. The van der Waals surface area contributed by atoms with Gasteiger partial charge in [-0.25, -0.2) is 0 Å². The van der Waals surface area contributed by atoms with E-state index in [0.29, 0.717) is 23.0 Å². The molecule has 2 N–H and O–H groups in total. The fraction of sp³-hybridized carbons (Fsp3) is 0.533. The number of aryl methyl sites for hydroxylation is 2. The number of nitrogens with two attached hydrogens (primary N) is 1. The molecule has 0 aromatic carbocycles. The van der Waals surface area contributed by atoms with E-state index in [1.54, 1.807) is 0 Å². The van der Waals surface area contributed by atoms with Crippen LogP contribution in [-0.2, 0) is 0 Å². The van der Waals surface area contributed by atoms with E-state index in [2.05, 4.69) is 10.2 Å². The van der Waals surface area contributed by atoms with Crippen LogP contribution in [-0.4, -0.2) is 34.1 Å². The number of amides is 1. The minimum absolute atomic E-state index is 0.0296. The number of nitrogen functional groups attached to an aromatic ring is 1. The molecule has 2 heterocycles. The molecule has 0 unspecified atom stereocenters. The van der Waals surface area contributed by atoms with Crippen molar-refractivity contribution in [2.45, 2.75) is 33.6 Å². The topological polar surface area (TPSA) is 72.1 Å². The molecule has 6 heteroatoms. The highest BCUT2D eigenvalue weighted by Crippen LogP contribution is 2.36. The molecule has 1 saturated carbocycles. The maximum atomic E-state index is 12.7. The molecule has 1 aliphatic carbocycles. The van der Waals surface area contributed by atoms with Crippen LogP contribution in [0, 0.1) is 19.8 Å². The van der Waals surface area contributed by atoms with Crippen LogP contribution in [0.4, 0.5) is 5.69 Å². The van der Waals surface area contributed by atoms with Crippen LogP contribution < -0.4 is 5.73 Å². The van der Waals surface area contributed by atoms with E-state index < -0.39 is 0 Å². The van der Waals surface area contributed by atoms with Gasteiger partial charge in [-0.2, -0.15) is 5.10 Å². The van der Waals surface area contributed by atoms with Crippen LogP contribution >= 0.6 is 11.3 Å². The fourth-order valence-corrected chi connectivity index (χ4v) is 3.58. The largest absolute Gasteiger partial charge is 0.397 e. The van der Waals surface area contributed by atoms with Crippen molar-refractivity contribution in [2.24, 2.45) is 5.92 Å². The average Bonchev–Trinajstić information content (AvgIpc) is 3.22. The summed E-state index contributed by atoms with van der Waals surface area (Å²) in [6, 6.07) is 0. The number of hydrogen-bond acceptors (Lipinski definition) is 5. The summed E-state index contributed by atoms with van der Waals surface area (Å²) in [6.07, 6.45) is 2.46. The number of aromatic nitrogens is 2. The quantitative estimate of drug-likeness (QED) is 0.942. The predicted molar refractivity (Wildman–Crippen MR) is 85.6 cm³/mol. The summed E-state index contributed by atoms with van der Waals surface area (Å²) >= 11 is 1.36. The van der Waals surface area contributed by atoms with Gasteiger partial charge in [0.15, 0.2) is 0 Å². The van der Waals surface area contributed by atoms with Gasteiger partial charge >= 0.3 is 0 Å². The van der Waals surface area contributed by atoms with Crippen LogP contribution in [0.2, 0.25) is 0 Å². The van der Waals surface area contributed by atoms with Crippen molar-refractivity contribution >= 4 is 33.1 Å². The van der Waals surface area contributed by atoms with Gasteiger partial charge in [-0.15, -0.1) is 16.4 Å². The number of anilines is 1. The first-order valence-corrected chi connectivity index (χ1v) is 8.15. The molecular weight excluding hydrogens is 284 g/mol. The molecule has 0 aliphatic heterocycles. The van der Waals surface area contributed by atoms with Crippen molar-refractivity contribution in [3.8, 4) is 0 Å². The zero-order valence-corrected chi connectivity index (χ0v) is 13.5. The first kappa shape index (κ1) is 14.3. The second-order valence-electron chi connectivity index (χ2n) is 5.72. The molecule has 112 valence electrons. The van der Waals surface area contributed by atoms with Gasteiger partial charge in [0.1, 0.15) is 9.71 Å². The second-order valence-corrected chi connectivity index (χ2v) is 6.72. The summed E-state index contributed by atoms with van der Waals surface area (Å²) in [7, 11) is 0. The maximum Gasteiger partial charge on any atom is 0.266 e. The van der Waals surface area contributed by atoms with Crippen molar-refractivity contribution in [1.29, 1.82) is 0 Å². The Morgan fingerprint density at radius 1 is 1.38 bits per heavy atom. The molecule has 5 nitrogen and oxygen atoms in total. The molecule has 0 spiro atoms. The number of thiophene rings is 1. The molecule has 2 aromatic rings. The van der Waals surface area contributed by atoms with E-state index in [9.17, 15) is 4.79 Å². The van der Waals surface area contributed by atoms with Crippen molar-refractivity contribution < 1.29 is 4.79 Å². The summed E-state index contributed by atoms with van der Waals surface area (Å²) in [5.74, 6) is 0.704. The van der Waals surface area contributed by atoms with E-state index in [4.69, 9.17) is 5.73 Å². The Hall–Kier alpha value is -1.69. The monoisotopic (exact) mass is 304 g/mol. The number of hydrogen-bond donors (Lipinski definition) is 1. The third-order valence-corrected chi connectivity index (χ3v) is 5.25. The first-order valence-electron chi connectivity index (χ1n) is 7.34. The third-order valence-electron chi connectivity index (χ3n) is 4.17. The highest BCUT2D eigenvalue weighted by atomic mass is 32.1. The Morgan fingerprint density at radius 2 is 2.10 bits per heavy atom. The lowest BCUT2D eigenvalue weighted by Crippen LogP contribution is -2.32. The SMILES string of the molecule is CCN(CC1CC1)C(=O)c1sc2nnc(C)c(C)c2c1N. The summed E-state index contributed by atoms with van der Waals surface area (Å²) in [5.41, 5.74) is 8.67. The van der Waals surface area contributed by atoms with Gasteiger partial charge in [-0.3, -0.25) is 4.79 Å². The Balaban J connectivity index is 2.01. The fourth-order valence-electron chi connectivity index (χ4n) is 2.51. The summed E-state index contributed by atoms with van der Waals surface area (Å²) < 4.78 is 0. The number of rotatable bonds is 4. The van der Waals surface area contributed by atoms with Gasteiger partial charge in [-0.1, -0.05) is 0 Å². The van der Waals surface area contributed by atoms with Gasteiger partial charge < -0.3 is 10.6 Å². The lowest BCUT2D eigenvalue weighted by Gasteiger charge is -2.20. The van der Waals surface area contributed by atoms with Gasteiger partial charge in [-0.05, 0) is 45.1 Å². The van der Waals surface area contributed by atoms with Crippen molar-refractivity contribution in [1.82, 2.24) is 15.1 Å². The smallest absolute Gasteiger partial charge is 0.266 e. The molecule has 2 aromatic heterocycles. The highest BCUT2D eigenvalue weighted by molar-refractivity contribution is 7.21. The van der Waals surface area contributed by atoms with Crippen molar-refractivity contribution in [3.05, 3.63) is 16.1 Å². The van der Waals surface area contributed by atoms with E-state index in [1.807, 2.05) is 25.7 Å². The van der Waals surface area contributed by atoms with Gasteiger partial charge in [0.2, 0.25) is 0 Å². The van der Waals surface area contributed by atoms with Crippen LogP contribution in [0.3, 0.4) is 0 Å². The normalized spacial score (nSPS) is 14.6. The third kappa shape index (κ3) is 2.48. The van der Waals surface area contributed by atoms with E-state index in [1.165, 1.54) is 24.2 Å². The molecule has 0 saturated heterocycles. The highest BCUT2D eigenvalue weighted by Gasteiger charge is 2.29. The molecule has 1 aliphatic rings. The maximum absolute atomic E-state index is 12.7. The number of carbonyl (C=O) groups excluding carboxylic acids is 1. The lowest BCUT2D eigenvalue weighted by atomic mass is 10.1. The summed E-state index contributed by atoms with van der Waals surface area (Å²) in [6.45, 7) is 7.45. The van der Waals surface area contributed by atoms with Crippen LogP contribution in [0.25, 0.3) is 10.2 Å². The van der Waals surface area contributed by atoms with Crippen LogP contribution in [0.5, 0.6) is 0 Å². The Labute approximate surface area is 128 Å². The molecule has 0 atom stereocenters. The lowest BCUT2D eigenvalue weighted by molar-refractivity contribution is 0.0763. The zero-order valence-electron chi connectivity index (χ0n) is 12.6. The zero-order chi connectivity index (χ0) is 15.1. The number of carbonyl (C=O) groups is 1. The molecular formula is C15H20N4OS. The van der Waals surface area contributed by atoms with Crippen molar-refractivity contribution in [3.63, 3.8) is 0 Å². The number of fused-ring (bicyclic) bond motifs is 1. The predicted octanol–water partition coefficient (Wildman–Crippen LogP) is 2.76. The molecule has 0 radical (unpaired) electrons. The molecule has 1 amide bonds. The molecule has 3 rings (SSSR count). The van der Waals surface area contributed by atoms with Gasteiger partial charge in [0.05, 0.1) is 11.4 Å². The van der Waals surface area contributed by atoms with E-state index in [0.717, 1.165) is 28.0 Å². The average molecular weight is 304 g/mol. The Bertz CT molecular complexity index is 705. The molecule has 1 fully saturated rings.